The predicted octanol–water partition coefficient (Wildman–Crippen LogP) is 5.40. The molecule has 0 aromatic heterocycles. The van der Waals surface area contributed by atoms with Crippen molar-refractivity contribution in [3.8, 4) is 0 Å². The fourth-order valence-electron chi connectivity index (χ4n) is 1.72. The first-order valence-corrected chi connectivity index (χ1v) is 6.74. The minimum absolute atomic E-state index is 1.20. The van der Waals surface area contributed by atoms with E-state index in [9.17, 15) is 0 Å². The number of thioether (sulfide) groups is 1. The van der Waals surface area contributed by atoms with Crippen LogP contribution in [0, 0.1) is 0 Å². The monoisotopic (exact) mass is 252 g/mol. The third-order valence-electron chi connectivity index (χ3n) is 2.73. The van der Waals surface area contributed by atoms with Gasteiger partial charge in [-0.1, -0.05) is 72.9 Å². The molecule has 0 N–H and O–H groups in total. The highest BCUT2D eigenvalue weighted by molar-refractivity contribution is 8.03. The van der Waals surface area contributed by atoms with Gasteiger partial charge in [0.2, 0.25) is 0 Å². The van der Waals surface area contributed by atoms with Gasteiger partial charge >= 0.3 is 0 Å². The van der Waals surface area contributed by atoms with Crippen LogP contribution in [0.3, 0.4) is 0 Å². The number of rotatable bonds is 4. The molecule has 0 fully saturated rings. The van der Waals surface area contributed by atoms with Crippen LogP contribution in [0.2, 0.25) is 0 Å². The molecule has 0 amide bonds. The standard InChI is InChI=1S/C17H16S/c1-3-17(18-16-12-8-5-9-13-16)14(2)15-10-6-4-7-11-15/h3-13H,1H2,2H3/b17-14+. The minimum Gasteiger partial charge on any atom is -0.0979 e. The van der Waals surface area contributed by atoms with Gasteiger partial charge in [-0.3, -0.25) is 0 Å². The average Bonchev–Trinajstić information content (AvgIpc) is 2.46. The van der Waals surface area contributed by atoms with Crippen molar-refractivity contribution in [3.63, 3.8) is 0 Å². The van der Waals surface area contributed by atoms with Gasteiger partial charge in [-0.15, -0.1) is 0 Å². The van der Waals surface area contributed by atoms with Gasteiger partial charge in [-0.2, -0.15) is 0 Å². The molecule has 2 aromatic carbocycles. The molecule has 0 unspecified atom stereocenters. The van der Waals surface area contributed by atoms with Crippen molar-refractivity contribution in [1.29, 1.82) is 0 Å². The maximum atomic E-state index is 3.93. The van der Waals surface area contributed by atoms with Crippen LogP contribution in [0.4, 0.5) is 0 Å². The first-order chi connectivity index (χ1) is 8.81. The fourth-order valence-corrected chi connectivity index (χ4v) is 2.62. The second-order valence-electron chi connectivity index (χ2n) is 3.97. The van der Waals surface area contributed by atoms with Gasteiger partial charge in [0.25, 0.3) is 0 Å². The van der Waals surface area contributed by atoms with Crippen molar-refractivity contribution in [2.45, 2.75) is 11.8 Å². The first kappa shape index (κ1) is 12.7. The Bertz CT molecular complexity index is 538. The van der Waals surface area contributed by atoms with Crippen molar-refractivity contribution in [3.05, 3.63) is 83.8 Å². The summed E-state index contributed by atoms with van der Waals surface area (Å²) in [5.74, 6) is 0. The molecular formula is C17H16S. The zero-order chi connectivity index (χ0) is 12.8. The molecule has 0 aliphatic heterocycles. The molecule has 0 aliphatic carbocycles. The average molecular weight is 252 g/mol. The summed E-state index contributed by atoms with van der Waals surface area (Å²) in [7, 11) is 0. The second-order valence-corrected chi connectivity index (χ2v) is 5.09. The third-order valence-corrected chi connectivity index (χ3v) is 3.93. The number of benzene rings is 2. The summed E-state index contributed by atoms with van der Waals surface area (Å²) in [4.78, 5) is 2.44. The fraction of sp³-hybridized carbons (Fsp3) is 0.0588. The summed E-state index contributed by atoms with van der Waals surface area (Å²) >= 11 is 1.75. The summed E-state index contributed by atoms with van der Waals surface area (Å²) < 4.78 is 0. The summed E-state index contributed by atoms with van der Waals surface area (Å²) in [5.41, 5.74) is 2.51. The van der Waals surface area contributed by atoms with Crippen molar-refractivity contribution in [2.75, 3.05) is 0 Å². The van der Waals surface area contributed by atoms with E-state index in [4.69, 9.17) is 0 Å². The molecule has 0 nitrogen and oxygen atoms in total. The molecule has 0 heterocycles. The van der Waals surface area contributed by atoms with Crippen LogP contribution in [0.25, 0.3) is 5.57 Å². The highest BCUT2D eigenvalue weighted by Gasteiger charge is 2.03. The first-order valence-electron chi connectivity index (χ1n) is 5.93. The zero-order valence-corrected chi connectivity index (χ0v) is 11.3. The van der Waals surface area contributed by atoms with Gasteiger partial charge in [0.1, 0.15) is 0 Å². The van der Waals surface area contributed by atoms with E-state index in [2.05, 4.69) is 62.0 Å². The Kier molecular flexibility index (Phi) is 4.43. The van der Waals surface area contributed by atoms with Gasteiger partial charge in [-0.25, -0.2) is 0 Å². The quantitative estimate of drug-likeness (QED) is 0.519. The van der Waals surface area contributed by atoms with Gasteiger partial charge in [0, 0.05) is 9.80 Å². The van der Waals surface area contributed by atoms with Gasteiger partial charge < -0.3 is 0 Å². The summed E-state index contributed by atoms with van der Waals surface area (Å²) in [6.45, 7) is 6.07. The van der Waals surface area contributed by atoms with Crippen LogP contribution in [0.15, 0.2) is 83.1 Å². The lowest BCUT2D eigenvalue weighted by Gasteiger charge is -2.08. The maximum Gasteiger partial charge on any atom is 0.0151 e. The number of hydrogen-bond donors (Lipinski definition) is 0. The number of hydrogen-bond acceptors (Lipinski definition) is 1. The molecule has 1 heteroatoms. The summed E-state index contributed by atoms with van der Waals surface area (Å²) in [6.07, 6.45) is 1.93. The van der Waals surface area contributed by atoms with Crippen molar-refractivity contribution >= 4 is 17.3 Å². The SMILES string of the molecule is C=C/C(Sc1ccccc1)=C(/C)c1ccccc1. The lowest BCUT2D eigenvalue weighted by atomic mass is 10.1. The Hall–Kier alpha value is -1.73. The largest absolute Gasteiger partial charge is 0.0979 e. The minimum atomic E-state index is 1.20. The Balaban J connectivity index is 2.30. The van der Waals surface area contributed by atoms with E-state index < -0.39 is 0 Å². The Morgan fingerprint density at radius 1 is 0.944 bits per heavy atom. The van der Waals surface area contributed by atoms with Gasteiger partial charge in [0.15, 0.2) is 0 Å². The van der Waals surface area contributed by atoms with E-state index in [1.165, 1.54) is 20.9 Å². The van der Waals surface area contributed by atoms with E-state index in [1.807, 2.05) is 18.2 Å². The van der Waals surface area contributed by atoms with Crippen LogP contribution in [0.5, 0.6) is 0 Å². The maximum absolute atomic E-state index is 3.93. The normalized spacial score (nSPS) is 11.8. The molecule has 0 atom stereocenters. The molecule has 0 saturated heterocycles. The highest BCUT2D eigenvalue weighted by Crippen LogP contribution is 2.33. The molecule has 2 aromatic rings. The Morgan fingerprint density at radius 2 is 1.50 bits per heavy atom. The van der Waals surface area contributed by atoms with E-state index in [0.717, 1.165) is 0 Å². The topological polar surface area (TPSA) is 0 Å². The Morgan fingerprint density at radius 3 is 2.06 bits per heavy atom. The molecule has 2 rings (SSSR count). The number of allylic oxidation sites excluding steroid dienone is 2. The van der Waals surface area contributed by atoms with Crippen LogP contribution < -0.4 is 0 Å². The van der Waals surface area contributed by atoms with Gasteiger partial charge in [0.05, 0.1) is 0 Å². The lowest BCUT2D eigenvalue weighted by molar-refractivity contribution is 1.47. The van der Waals surface area contributed by atoms with Gasteiger partial charge in [-0.05, 0) is 30.2 Å². The van der Waals surface area contributed by atoms with Crippen LogP contribution >= 0.6 is 11.8 Å². The van der Waals surface area contributed by atoms with E-state index in [-0.39, 0.29) is 0 Å². The lowest BCUT2D eigenvalue weighted by Crippen LogP contribution is -1.83. The molecule has 0 aliphatic rings. The van der Waals surface area contributed by atoms with E-state index >= 15 is 0 Å². The molecule has 0 spiro atoms. The second kappa shape index (κ2) is 6.27. The molecule has 0 saturated carbocycles. The van der Waals surface area contributed by atoms with Crippen LogP contribution in [-0.4, -0.2) is 0 Å². The third kappa shape index (κ3) is 3.14. The molecule has 0 radical (unpaired) electrons. The summed E-state index contributed by atoms with van der Waals surface area (Å²) in [6, 6.07) is 20.8. The van der Waals surface area contributed by atoms with Crippen LogP contribution in [-0.2, 0) is 0 Å². The molecule has 90 valence electrons. The zero-order valence-electron chi connectivity index (χ0n) is 10.5. The van der Waals surface area contributed by atoms with Crippen LogP contribution in [0.1, 0.15) is 12.5 Å². The van der Waals surface area contributed by atoms with Crippen molar-refractivity contribution < 1.29 is 0 Å². The van der Waals surface area contributed by atoms with E-state index in [0.29, 0.717) is 0 Å². The van der Waals surface area contributed by atoms with Crippen molar-refractivity contribution in [2.24, 2.45) is 0 Å². The smallest absolute Gasteiger partial charge is 0.0151 e. The van der Waals surface area contributed by atoms with Crippen molar-refractivity contribution in [1.82, 2.24) is 0 Å². The highest BCUT2D eigenvalue weighted by atomic mass is 32.2. The molecular weight excluding hydrogens is 236 g/mol. The Labute approximate surface area is 113 Å². The molecule has 18 heavy (non-hydrogen) atoms. The summed E-state index contributed by atoms with van der Waals surface area (Å²) in [5, 5.41) is 0. The predicted molar refractivity (Wildman–Crippen MR) is 81.5 cm³/mol. The molecule has 0 bridgehead atoms. The van der Waals surface area contributed by atoms with E-state index in [1.54, 1.807) is 11.8 Å².